The Bertz CT molecular complexity index is 356. The molecule has 0 aromatic heterocycles. The molecule has 0 aliphatic rings. The van der Waals surface area contributed by atoms with E-state index in [-0.39, 0.29) is 28.3 Å². The van der Waals surface area contributed by atoms with Crippen molar-refractivity contribution in [1.29, 1.82) is 0 Å². The highest BCUT2D eigenvalue weighted by Crippen LogP contribution is 2.40. The van der Waals surface area contributed by atoms with E-state index >= 15 is 0 Å². The molecule has 0 saturated carbocycles. The molecule has 0 rings (SSSR count). The van der Waals surface area contributed by atoms with Gasteiger partial charge in [0.05, 0.1) is 18.1 Å². The summed E-state index contributed by atoms with van der Waals surface area (Å²) >= 11 is 0. The van der Waals surface area contributed by atoms with Crippen LogP contribution in [0.1, 0.15) is 88.0 Å². The zero-order chi connectivity index (χ0) is 18.3. The minimum absolute atomic E-state index is 0.0427. The van der Waals surface area contributed by atoms with Crippen molar-refractivity contribution in [3.8, 4) is 0 Å². The fourth-order valence-corrected chi connectivity index (χ4v) is 2.58. The average Bonchev–Trinajstić information content (AvgIpc) is 2.44. The van der Waals surface area contributed by atoms with E-state index in [4.69, 9.17) is 9.47 Å². The van der Waals surface area contributed by atoms with Gasteiger partial charge in [0.25, 0.3) is 0 Å². The Kier molecular flexibility index (Phi) is 8.83. The molecule has 0 N–H and O–H groups in total. The Balaban J connectivity index is 4.83. The van der Waals surface area contributed by atoms with Gasteiger partial charge in [-0.3, -0.25) is 4.79 Å². The van der Waals surface area contributed by atoms with Crippen molar-refractivity contribution in [3.05, 3.63) is 0 Å². The number of carbonyl (C=O) groups excluding carboxylic acids is 1. The van der Waals surface area contributed by atoms with Gasteiger partial charge in [-0.25, -0.2) is 0 Å². The van der Waals surface area contributed by atoms with Crippen LogP contribution in [0.5, 0.6) is 0 Å². The van der Waals surface area contributed by atoms with E-state index < -0.39 is 0 Å². The molecule has 3 heteroatoms. The SMILES string of the molecule is CCOC(C)(C)CCOC(=O)C(CC(C)(C)CC)C(C)(C)CC. The first-order valence-corrected chi connectivity index (χ1v) is 9.21. The molecule has 0 heterocycles. The van der Waals surface area contributed by atoms with Crippen LogP contribution in [0.4, 0.5) is 0 Å². The highest BCUT2D eigenvalue weighted by Gasteiger charge is 2.38. The molecule has 0 radical (unpaired) electrons. The highest BCUT2D eigenvalue weighted by atomic mass is 16.5. The van der Waals surface area contributed by atoms with Gasteiger partial charge >= 0.3 is 5.97 Å². The topological polar surface area (TPSA) is 35.5 Å². The van der Waals surface area contributed by atoms with Crippen LogP contribution < -0.4 is 0 Å². The third-order valence-corrected chi connectivity index (χ3v) is 5.34. The first-order chi connectivity index (χ1) is 10.4. The number of carbonyl (C=O) groups is 1. The minimum atomic E-state index is -0.243. The number of esters is 1. The van der Waals surface area contributed by atoms with Crippen LogP contribution in [-0.2, 0) is 14.3 Å². The molecular formula is C20H40O3. The van der Waals surface area contributed by atoms with Gasteiger partial charge in [0.2, 0.25) is 0 Å². The third kappa shape index (κ3) is 8.19. The van der Waals surface area contributed by atoms with Gasteiger partial charge in [0, 0.05) is 13.0 Å². The Morgan fingerprint density at radius 3 is 1.96 bits per heavy atom. The Hall–Kier alpha value is -0.570. The first kappa shape index (κ1) is 22.4. The van der Waals surface area contributed by atoms with Crippen LogP contribution in [0.2, 0.25) is 0 Å². The smallest absolute Gasteiger partial charge is 0.309 e. The standard InChI is InChI=1S/C20H40O3/c1-10-18(4,5)15-16(19(6,7)11-2)17(21)22-14-13-20(8,9)23-12-3/h16H,10-15H2,1-9H3. The lowest BCUT2D eigenvalue weighted by atomic mass is 9.68. The maximum absolute atomic E-state index is 12.7. The van der Waals surface area contributed by atoms with Crippen LogP contribution in [0.15, 0.2) is 0 Å². The normalized spacial score (nSPS) is 14.7. The number of ether oxygens (including phenoxy) is 2. The second-order valence-electron chi connectivity index (χ2n) is 8.73. The summed E-state index contributed by atoms with van der Waals surface area (Å²) in [4.78, 5) is 12.7. The van der Waals surface area contributed by atoms with Gasteiger partial charge in [0.1, 0.15) is 0 Å². The molecule has 0 aliphatic carbocycles. The van der Waals surface area contributed by atoms with E-state index in [1.165, 1.54) is 0 Å². The maximum atomic E-state index is 12.7. The molecule has 0 amide bonds. The van der Waals surface area contributed by atoms with Gasteiger partial charge in [-0.1, -0.05) is 54.4 Å². The predicted octanol–water partition coefficient (Wildman–Crippen LogP) is 5.61. The van der Waals surface area contributed by atoms with Gasteiger partial charge in [-0.2, -0.15) is 0 Å². The Morgan fingerprint density at radius 2 is 1.52 bits per heavy atom. The molecule has 1 unspecified atom stereocenters. The summed E-state index contributed by atoms with van der Waals surface area (Å²) in [7, 11) is 0. The summed E-state index contributed by atoms with van der Waals surface area (Å²) in [6.45, 7) is 20.3. The van der Waals surface area contributed by atoms with Crippen molar-refractivity contribution in [3.63, 3.8) is 0 Å². The van der Waals surface area contributed by atoms with Gasteiger partial charge in [-0.05, 0) is 38.0 Å². The molecule has 0 saturated heterocycles. The predicted molar refractivity (Wildman–Crippen MR) is 97.5 cm³/mol. The molecular weight excluding hydrogens is 288 g/mol. The summed E-state index contributed by atoms with van der Waals surface area (Å²) in [5.41, 5.74) is -0.132. The molecule has 23 heavy (non-hydrogen) atoms. The second-order valence-corrected chi connectivity index (χ2v) is 8.73. The van der Waals surface area contributed by atoms with Gasteiger partial charge in [0.15, 0.2) is 0 Å². The monoisotopic (exact) mass is 328 g/mol. The van der Waals surface area contributed by atoms with Crippen LogP contribution in [0, 0.1) is 16.7 Å². The van der Waals surface area contributed by atoms with Crippen LogP contribution in [0.25, 0.3) is 0 Å². The molecule has 3 nitrogen and oxygen atoms in total. The van der Waals surface area contributed by atoms with E-state index in [2.05, 4.69) is 41.5 Å². The van der Waals surface area contributed by atoms with Crippen LogP contribution in [-0.4, -0.2) is 24.8 Å². The van der Waals surface area contributed by atoms with E-state index in [1.54, 1.807) is 0 Å². The summed E-state index contributed by atoms with van der Waals surface area (Å²) < 4.78 is 11.3. The summed E-state index contributed by atoms with van der Waals surface area (Å²) in [5.74, 6) is -0.108. The van der Waals surface area contributed by atoms with Crippen molar-refractivity contribution in [2.75, 3.05) is 13.2 Å². The second kappa shape index (κ2) is 9.05. The number of rotatable bonds is 11. The molecule has 0 fully saturated rings. The van der Waals surface area contributed by atoms with E-state index in [0.717, 1.165) is 25.7 Å². The zero-order valence-corrected chi connectivity index (χ0v) is 17.0. The fourth-order valence-electron chi connectivity index (χ4n) is 2.58. The number of hydrogen-bond acceptors (Lipinski definition) is 3. The Labute approximate surface area is 144 Å². The van der Waals surface area contributed by atoms with Gasteiger partial charge < -0.3 is 9.47 Å². The molecule has 1 atom stereocenters. The molecule has 0 bridgehead atoms. The highest BCUT2D eigenvalue weighted by molar-refractivity contribution is 5.73. The van der Waals surface area contributed by atoms with Crippen molar-refractivity contribution < 1.29 is 14.3 Å². The lowest BCUT2D eigenvalue weighted by molar-refractivity contribution is -0.156. The van der Waals surface area contributed by atoms with Crippen LogP contribution >= 0.6 is 0 Å². The van der Waals surface area contributed by atoms with E-state index in [9.17, 15) is 4.79 Å². The first-order valence-electron chi connectivity index (χ1n) is 9.21. The van der Waals surface area contributed by atoms with Crippen molar-refractivity contribution in [2.45, 2.75) is 93.6 Å². The molecule has 0 aromatic rings. The van der Waals surface area contributed by atoms with E-state index in [0.29, 0.717) is 13.2 Å². The summed E-state index contributed by atoms with van der Waals surface area (Å²) in [6, 6.07) is 0. The van der Waals surface area contributed by atoms with Crippen molar-refractivity contribution in [1.82, 2.24) is 0 Å². The van der Waals surface area contributed by atoms with Crippen molar-refractivity contribution in [2.24, 2.45) is 16.7 Å². The lowest BCUT2D eigenvalue weighted by Gasteiger charge is -2.37. The minimum Gasteiger partial charge on any atom is -0.465 e. The third-order valence-electron chi connectivity index (χ3n) is 5.34. The molecule has 138 valence electrons. The zero-order valence-electron chi connectivity index (χ0n) is 17.0. The summed E-state index contributed by atoms with van der Waals surface area (Å²) in [5, 5.41) is 0. The van der Waals surface area contributed by atoms with Crippen LogP contribution in [0.3, 0.4) is 0 Å². The molecule has 0 spiro atoms. The quantitative estimate of drug-likeness (QED) is 0.462. The van der Waals surface area contributed by atoms with Gasteiger partial charge in [-0.15, -0.1) is 0 Å². The largest absolute Gasteiger partial charge is 0.465 e. The Morgan fingerprint density at radius 1 is 0.957 bits per heavy atom. The average molecular weight is 329 g/mol. The lowest BCUT2D eigenvalue weighted by Crippen LogP contribution is -2.36. The number of hydrogen-bond donors (Lipinski definition) is 0. The molecule has 0 aliphatic heterocycles. The van der Waals surface area contributed by atoms with Crippen molar-refractivity contribution >= 4 is 5.97 Å². The summed E-state index contributed by atoms with van der Waals surface area (Å²) in [6.07, 6.45) is 3.63. The fraction of sp³-hybridized carbons (Fsp3) is 0.950. The maximum Gasteiger partial charge on any atom is 0.309 e. The molecule has 0 aromatic carbocycles. The van der Waals surface area contributed by atoms with E-state index in [1.807, 2.05) is 20.8 Å².